The summed E-state index contributed by atoms with van der Waals surface area (Å²) in [5, 5.41) is 3.36. The number of hydrogen-bond donors (Lipinski definition) is 1. The molecule has 1 aromatic carbocycles. The second-order valence-electron chi connectivity index (χ2n) is 5.98. The Morgan fingerprint density at radius 3 is 2.95 bits per heavy atom. The Bertz CT molecular complexity index is 470. The highest BCUT2D eigenvalue weighted by atomic mass is 35.5. The molecule has 4 heteroatoms. The van der Waals surface area contributed by atoms with Gasteiger partial charge in [0.05, 0.1) is 0 Å². The second-order valence-corrected chi connectivity index (χ2v) is 5.98. The molecule has 2 aliphatic rings. The van der Waals surface area contributed by atoms with E-state index in [9.17, 15) is 4.79 Å². The van der Waals surface area contributed by atoms with Crippen LogP contribution in [0, 0.1) is 0 Å². The summed E-state index contributed by atoms with van der Waals surface area (Å²) in [4.78, 5) is 14.6. The number of carbonyl (C=O) groups excluding carboxylic acids is 1. The molecule has 3 nitrogen and oxygen atoms in total. The van der Waals surface area contributed by atoms with Gasteiger partial charge in [-0.25, -0.2) is 0 Å². The van der Waals surface area contributed by atoms with E-state index >= 15 is 0 Å². The zero-order valence-electron chi connectivity index (χ0n) is 12.5. The third kappa shape index (κ3) is 3.98. The Morgan fingerprint density at radius 1 is 1.19 bits per heavy atom. The smallest absolute Gasteiger partial charge is 0.223 e. The van der Waals surface area contributed by atoms with Crippen molar-refractivity contribution in [3.05, 3.63) is 35.4 Å². The van der Waals surface area contributed by atoms with Gasteiger partial charge >= 0.3 is 0 Å². The fourth-order valence-electron chi connectivity index (χ4n) is 3.50. The first-order valence-electron chi connectivity index (χ1n) is 7.91. The predicted octanol–water partition coefficient (Wildman–Crippen LogP) is 2.74. The molecule has 1 heterocycles. The van der Waals surface area contributed by atoms with E-state index in [4.69, 9.17) is 0 Å². The highest BCUT2D eigenvalue weighted by Crippen LogP contribution is 2.34. The summed E-state index contributed by atoms with van der Waals surface area (Å²) in [6.07, 6.45) is 5.32. The second kappa shape index (κ2) is 7.81. The van der Waals surface area contributed by atoms with Gasteiger partial charge in [0.25, 0.3) is 0 Å². The summed E-state index contributed by atoms with van der Waals surface area (Å²) in [5.41, 5.74) is 2.87. The van der Waals surface area contributed by atoms with Crippen LogP contribution in [0.1, 0.15) is 42.7 Å². The Kier molecular flexibility index (Phi) is 6.07. The lowest BCUT2D eigenvalue weighted by molar-refractivity contribution is -0.131. The van der Waals surface area contributed by atoms with E-state index in [-0.39, 0.29) is 12.4 Å². The number of nitrogens with one attached hydrogen (secondary N) is 1. The number of benzene rings is 1. The van der Waals surface area contributed by atoms with Crippen LogP contribution in [0.25, 0.3) is 0 Å². The van der Waals surface area contributed by atoms with Crippen molar-refractivity contribution < 1.29 is 4.79 Å². The molecule has 1 N–H and O–H groups in total. The maximum Gasteiger partial charge on any atom is 0.223 e. The summed E-state index contributed by atoms with van der Waals surface area (Å²) < 4.78 is 0. The van der Waals surface area contributed by atoms with Crippen LogP contribution in [0.2, 0.25) is 0 Å². The highest BCUT2D eigenvalue weighted by Gasteiger charge is 2.24. The van der Waals surface area contributed by atoms with Gasteiger partial charge in [-0.05, 0) is 49.3 Å². The fourth-order valence-corrected chi connectivity index (χ4v) is 3.50. The topological polar surface area (TPSA) is 32.3 Å². The maximum atomic E-state index is 12.5. The molecule has 0 saturated carbocycles. The number of halogens is 1. The van der Waals surface area contributed by atoms with E-state index in [1.54, 1.807) is 0 Å². The molecule has 1 aromatic rings. The lowest BCUT2D eigenvalue weighted by Crippen LogP contribution is -2.35. The SMILES string of the molecule is Cl.O=C(CC1CCCc2ccccc21)N1CCCNCC1. The van der Waals surface area contributed by atoms with Gasteiger partial charge in [0.2, 0.25) is 5.91 Å². The summed E-state index contributed by atoms with van der Waals surface area (Å²) in [7, 11) is 0. The molecule has 1 fully saturated rings. The van der Waals surface area contributed by atoms with Gasteiger partial charge in [-0.15, -0.1) is 12.4 Å². The van der Waals surface area contributed by atoms with Crippen molar-refractivity contribution in [1.82, 2.24) is 10.2 Å². The van der Waals surface area contributed by atoms with E-state index in [2.05, 4.69) is 34.5 Å². The van der Waals surface area contributed by atoms with Gasteiger partial charge in [0.15, 0.2) is 0 Å². The molecule has 21 heavy (non-hydrogen) atoms. The Balaban J connectivity index is 0.00000161. The average molecular weight is 309 g/mol. The summed E-state index contributed by atoms with van der Waals surface area (Å²) in [5.74, 6) is 0.777. The lowest BCUT2D eigenvalue weighted by atomic mass is 9.81. The van der Waals surface area contributed by atoms with Crippen LogP contribution in [0.15, 0.2) is 24.3 Å². The molecule has 3 rings (SSSR count). The van der Waals surface area contributed by atoms with Crippen molar-refractivity contribution in [1.29, 1.82) is 0 Å². The maximum absolute atomic E-state index is 12.5. The van der Waals surface area contributed by atoms with Crippen molar-refractivity contribution in [2.75, 3.05) is 26.2 Å². The van der Waals surface area contributed by atoms with Crippen LogP contribution in [-0.4, -0.2) is 37.0 Å². The molecule has 1 amide bonds. The minimum Gasteiger partial charge on any atom is -0.341 e. The molecular formula is C17H25ClN2O. The van der Waals surface area contributed by atoms with Gasteiger partial charge in [0, 0.05) is 26.1 Å². The van der Waals surface area contributed by atoms with E-state index in [1.165, 1.54) is 24.0 Å². The number of hydrogen-bond acceptors (Lipinski definition) is 2. The van der Waals surface area contributed by atoms with Crippen LogP contribution in [0.4, 0.5) is 0 Å². The molecular weight excluding hydrogens is 284 g/mol. The summed E-state index contributed by atoms with van der Waals surface area (Å²) in [6.45, 7) is 3.76. The number of amides is 1. The summed E-state index contributed by atoms with van der Waals surface area (Å²) in [6, 6.07) is 8.67. The number of nitrogens with zero attached hydrogens (tertiary/aromatic N) is 1. The third-order valence-electron chi connectivity index (χ3n) is 4.61. The Morgan fingerprint density at radius 2 is 2.05 bits per heavy atom. The first kappa shape index (κ1) is 16.3. The number of aryl methyl sites for hydroxylation is 1. The molecule has 1 unspecified atom stereocenters. The van der Waals surface area contributed by atoms with Crippen molar-refractivity contribution in [2.45, 2.75) is 38.0 Å². The third-order valence-corrected chi connectivity index (χ3v) is 4.61. The standard InChI is InChI=1S/C17H24N2O.ClH/c20-17(19-11-4-9-18-10-12-19)13-15-7-3-6-14-5-1-2-8-16(14)15;/h1-2,5,8,15,18H,3-4,6-7,9-13H2;1H. The highest BCUT2D eigenvalue weighted by molar-refractivity contribution is 5.85. The van der Waals surface area contributed by atoms with Crippen molar-refractivity contribution >= 4 is 18.3 Å². The molecule has 1 saturated heterocycles. The van der Waals surface area contributed by atoms with E-state index in [0.717, 1.165) is 39.0 Å². The molecule has 0 bridgehead atoms. The van der Waals surface area contributed by atoms with Gasteiger partial charge in [-0.2, -0.15) is 0 Å². The monoisotopic (exact) mass is 308 g/mol. The van der Waals surface area contributed by atoms with Gasteiger partial charge < -0.3 is 10.2 Å². The normalized spacial score (nSPS) is 21.9. The Hall–Kier alpha value is -1.06. The molecule has 1 aliphatic heterocycles. The van der Waals surface area contributed by atoms with E-state index in [1.807, 2.05) is 0 Å². The van der Waals surface area contributed by atoms with Crippen molar-refractivity contribution in [2.24, 2.45) is 0 Å². The molecule has 1 atom stereocenters. The largest absolute Gasteiger partial charge is 0.341 e. The van der Waals surface area contributed by atoms with E-state index in [0.29, 0.717) is 18.2 Å². The van der Waals surface area contributed by atoms with Crippen molar-refractivity contribution in [3.63, 3.8) is 0 Å². The summed E-state index contributed by atoms with van der Waals surface area (Å²) >= 11 is 0. The minimum atomic E-state index is 0. The van der Waals surface area contributed by atoms with Crippen LogP contribution in [-0.2, 0) is 11.2 Å². The van der Waals surface area contributed by atoms with Gasteiger partial charge in [-0.1, -0.05) is 24.3 Å². The molecule has 116 valence electrons. The molecule has 0 radical (unpaired) electrons. The zero-order chi connectivity index (χ0) is 13.8. The lowest BCUT2D eigenvalue weighted by Gasteiger charge is -2.28. The van der Waals surface area contributed by atoms with Crippen LogP contribution >= 0.6 is 12.4 Å². The molecule has 1 aliphatic carbocycles. The predicted molar refractivity (Wildman–Crippen MR) is 88.1 cm³/mol. The van der Waals surface area contributed by atoms with E-state index < -0.39 is 0 Å². The van der Waals surface area contributed by atoms with Crippen LogP contribution < -0.4 is 5.32 Å². The molecule has 0 spiro atoms. The first-order chi connectivity index (χ1) is 9.84. The van der Waals surface area contributed by atoms with Crippen molar-refractivity contribution in [3.8, 4) is 0 Å². The van der Waals surface area contributed by atoms with Crippen LogP contribution in [0.3, 0.4) is 0 Å². The van der Waals surface area contributed by atoms with Gasteiger partial charge in [0.1, 0.15) is 0 Å². The first-order valence-corrected chi connectivity index (χ1v) is 7.91. The van der Waals surface area contributed by atoms with Crippen LogP contribution in [0.5, 0.6) is 0 Å². The number of carbonyl (C=O) groups is 1. The number of rotatable bonds is 2. The molecule has 0 aromatic heterocycles. The number of fused-ring (bicyclic) bond motifs is 1. The fraction of sp³-hybridized carbons (Fsp3) is 0.588. The average Bonchev–Trinajstić information content (AvgIpc) is 2.77. The minimum absolute atomic E-state index is 0. The Labute approximate surface area is 133 Å². The quantitative estimate of drug-likeness (QED) is 0.911. The zero-order valence-corrected chi connectivity index (χ0v) is 13.3. The van der Waals surface area contributed by atoms with Gasteiger partial charge in [-0.3, -0.25) is 4.79 Å².